The van der Waals surface area contributed by atoms with E-state index in [2.05, 4.69) is 15.9 Å². The molecule has 1 amide bonds. The number of nitrogens with two attached hydrogens (primary N) is 1. The monoisotopic (exact) mass is 362 g/mol. The molecule has 0 aliphatic heterocycles. The van der Waals surface area contributed by atoms with Gasteiger partial charge in [0.25, 0.3) is 5.91 Å². The SMILES string of the molecule is Cc1ccc(C(=O)N(C)c2cccc(C(N)=S)c2)cc1Br. The standard InChI is InChI=1S/C16H15BrN2OS/c1-10-6-7-12(9-14(10)17)16(20)19(2)13-5-3-4-11(8-13)15(18)21/h3-9H,1-2H3,(H2,18,21). The van der Waals surface area contributed by atoms with Gasteiger partial charge in [-0.25, -0.2) is 0 Å². The molecule has 0 saturated heterocycles. The maximum absolute atomic E-state index is 12.5. The number of nitrogens with zero attached hydrogens (tertiary/aromatic N) is 1. The lowest BCUT2D eigenvalue weighted by molar-refractivity contribution is 0.0993. The van der Waals surface area contributed by atoms with Gasteiger partial charge < -0.3 is 10.6 Å². The Morgan fingerprint density at radius 2 is 1.90 bits per heavy atom. The van der Waals surface area contributed by atoms with Crippen LogP contribution in [-0.4, -0.2) is 17.9 Å². The zero-order valence-electron chi connectivity index (χ0n) is 11.8. The van der Waals surface area contributed by atoms with Crippen LogP contribution in [0.25, 0.3) is 0 Å². The van der Waals surface area contributed by atoms with Gasteiger partial charge in [0.05, 0.1) is 0 Å². The van der Waals surface area contributed by atoms with E-state index >= 15 is 0 Å². The number of rotatable bonds is 3. The maximum atomic E-state index is 12.5. The highest BCUT2D eigenvalue weighted by Gasteiger charge is 2.14. The van der Waals surface area contributed by atoms with Crippen LogP contribution in [0.5, 0.6) is 0 Å². The van der Waals surface area contributed by atoms with E-state index in [1.54, 1.807) is 11.9 Å². The number of thiocarbonyl (C=S) groups is 1. The number of anilines is 1. The topological polar surface area (TPSA) is 46.3 Å². The third kappa shape index (κ3) is 3.49. The van der Waals surface area contributed by atoms with Crippen LogP contribution in [0.1, 0.15) is 21.5 Å². The fourth-order valence-corrected chi connectivity index (χ4v) is 2.41. The Hall–Kier alpha value is -1.72. The lowest BCUT2D eigenvalue weighted by atomic mass is 10.1. The molecular formula is C16H15BrN2OS. The van der Waals surface area contributed by atoms with E-state index in [0.29, 0.717) is 10.6 Å². The van der Waals surface area contributed by atoms with Crippen molar-refractivity contribution in [1.82, 2.24) is 0 Å². The van der Waals surface area contributed by atoms with E-state index in [1.165, 1.54) is 0 Å². The van der Waals surface area contributed by atoms with E-state index in [-0.39, 0.29) is 5.91 Å². The highest BCUT2D eigenvalue weighted by molar-refractivity contribution is 9.10. The second kappa shape index (κ2) is 6.37. The molecule has 0 saturated carbocycles. The normalized spacial score (nSPS) is 10.2. The van der Waals surface area contributed by atoms with Gasteiger partial charge in [0.2, 0.25) is 0 Å². The van der Waals surface area contributed by atoms with Crippen LogP contribution in [-0.2, 0) is 0 Å². The molecule has 0 fully saturated rings. The summed E-state index contributed by atoms with van der Waals surface area (Å²) in [6, 6.07) is 12.9. The van der Waals surface area contributed by atoms with Crippen LogP contribution >= 0.6 is 28.1 Å². The molecule has 2 aromatic carbocycles. The van der Waals surface area contributed by atoms with Crippen molar-refractivity contribution in [2.24, 2.45) is 5.73 Å². The number of hydrogen-bond acceptors (Lipinski definition) is 2. The van der Waals surface area contributed by atoms with Crippen molar-refractivity contribution in [2.45, 2.75) is 6.92 Å². The lowest BCUT2D eigenvalue weighted by Crippen LogP contribution is -2.26. The molecule has 5 heteroatoms. The van der Waals surface area contributed by atoms with Gasteiger partial charge in [-0.2, -0.15) is 0 Å². The van der Waals surface area contributed by atoms with Crippen molar-refractivity contribution >= 4 is 44.7 Å². The molecule has 0 spiro atoms. The molecule has 0 heterocycles. The molecule has 0 aromatic heterocycles. The predicted molar refractivity (Wildman–Crippen MR) is 93.9 cm³/mol. The quantitative estimate of drug-likeness (QED) is 0.847. The minimum Gasteiger partial charge on any atom is -0.389 e. The van der Waals surface area contributed by atoms with Gasteiger partial charge in [-0.15, -0.1) is 0 Å². The van der Waals surface area contributed by atoms with E-state index in [1.807, 2.05) is 49.4 Å². The number of carbonyl (C=O) groups excluding carboxylic acids is 1. The van der Waals surface area contributed by atoms with Crippen molar-refractivity contribution in [1.29, 1.82) is 0 Å². The average Bonchev–Trinajstić information content (AvgIpc) is 2.48. The van der Waals surface area contributed by atoms with Crippen LogP contribution < -0.4 is 10.6 Å². The molecule has 21 heavy (non-hydrogen) atoms. The van der Waals surface area contributed by atoms with Crippen molar-refractivity contribution in [3.05, 3.63) is 63.6 Å². The Bertz CT molecular complexity index is 715. The second-order valence-electron chi connectivity index (χ2n) is 4.74. The Labute approximate surface area is 137 Å². The summed E-state index contributed by atoms with van der Waals surface area (Å²) in [6.45, 7) is 1.98. The molecule has 2 rings (SSSR count). The van der Waals surface area contributed by atoms with Crippen molar-refractivity contribution in [3.63, 3.8) is 0 Å². The predicted octanol–water partition coefficient (Wildman–Crippen LogP) is 3.67. The Morgan fingerprint density at radius 3 is 2.52 bits per heavy atom. The fourth-order valence-electron chi connectivity index (χ4n) is 1.90. The lowest BCUT2D eigenvalue weighted by Gasteiger charge is -2.18. The van der Waals surface area contributed by atoms with Crippen LogP contribution in [0, 0.1) is 6.92 Å². The summed E-state index contributed by atoms with van der Waals surface area (Å²) in [5, 5.41) is 0. The number of hydrogen-bond donors (Lipinski definition) is 1. The summed E-state index contributed by atoms with van der Waals surface area (Å²) < 4.78 is 0.915. The van der Waals surface area contributed by atoms with E-state index in [9.17, 15) is 4.79 Å². The van der Waals surface area contributed by atoms with Gasteiger partial charge in [-0.3, -0.25) is 4.79 Å². The first kappa shape index (κ1) is 15.7. The smallest absolute Gasteiger partial charge is 0.258 e. The zero-order chi connectivity index (χ0) is 15.6. The molecule has 3 nitrogen and oxygen atoms in total. The molecule has 2 N–H and O–H groups in total. The molecule has 0 aliphatic carbocycles. The number of halogens is 1. The summed E-state index contributed by atoms with van der Waals surface area (Å²) in [6.07, 6.45) is 0. The largest absolute Gasteiger partial charge is 0.389 e. The molecule has 108 valence electrons. The molecule has 0 radical (unpaired) electrons. The molecule has 0 aliphatic rings. The van der Waals surface area contributed by atoms with Gasteiger partial charge >= 0.3 is 0 Å². The fraction of sp³-hybridized carbons (Fsp3) is 0.125. The number of carbonyl (C=O) groups is 1. The number of amides is 1. The molecule has 2 aromatic rings. The first-order valence-electron chi connectivity index (χ1n) is 6.34. The number of benzene rings is 2. The van der Waals surface area contributed by atoms with Gasteiger partial charge in [-0.05, 0) is 36.8 Å². The van der Waals surface area contributed by atoms with Crippen LogP contribution in [0.4, 0.5) is 5.69 Å². The van der Waals surface area contributed by atoms with E-state index in [0.717, 1.165) is 21.3 Å². The van der Waals surface area contributed by atoms with Crippen LogP contribution in [0.3, 0.4) is 0 Å². The molecule has 0 bridgehead atoms. The molecular weight excluding hydrogens is 348 g/mol. The first-order chi connectivity index (χ1) is 9.90. The Kier molecular flexibility index (Phi) is 4.75. The summed E-state index contributed by atoms with van der Waals surface area (Å²) in [4.78, 5) is 14.4. The number of aryl methyl sites for hydroxylation is 1. The van der Waals surface area contributed by atoms with Gasteiger partial charge in [0.1, 0.15) is 4.99 Å². The van der Waals surface area contributed by atoms with Crippen molar-refractivity contribution < 1.29 is 4.79 Å². The highest BCUT2D eigenvalue weighted by atomic mass is 79.9. The van der Waals surface area contributed by atoms with Crippen molar-refractivity contribution in [2.75, 3.05) is 11.9 Å². The minimum atomic E-state index is -0.0872. The summed E-state index contributed by atoms with van der Waals surface area (Å²) in [5.41, 5.74) is 8.83. The maximum Gasteiger partial charge on any atom is 0.258 e. The first-order valence-corrected chi connectivity index (χ1v) is 7.54. The zero-order valence-corrected chi connectivity index (χ0v) is 14.2. The third-order valence-corrected chi connectivity index (χ3v) is 4.33. The Balaban J connectivity index is 2.32. The second-order valence-corrected chi connectivity index (χ2v) is 6.04. The molecule has 0 atom stereocenters. The van der Waals surface area contributed by atoms with Gasteiger partial charge in [-0.1, -0.05) is 46.3 Å². The van der Waals surface area contributed by atoms with Gasteiger partial charge in [0.15, 0.2) is 0 Å². The van der Waals surface area contributed by atoms with E-state index in [4.69, 9.17) is 18.0 Å². The van der Waals surface area contributed by atoms with E-state index < -0.39 is 0 Å². The van der Waals surface area contributed by atoms with Crippen LogP contribution in [0.15, 0.2) is 46.9 Å². The minimum absolute atomic E-state index is 0.0872. The average molecular weight is 363 g/mol. The van der Waals surface area contributed by atoms with Gasteiger partial charge in [0, 0.05) is 28.3 Å². The summed E-state index contributed by atoms with van der Waals surface area (Å²) in [5.74, 6) is -0.0872. The summed E-state index contributed by atoms with van der Waals surface area (Å²) in [7, 11) is 1.73. The Morgan fingerprint density at radius 1 is 1.19 bits per heavy atom. The molecule has 0 unspecified atom stereocenters. The third-order valence-electron chi connectivity index (χ3n) is 3.24. The van der Waals surface area contributed by atoms with Crippen LogP contribution in [0.2, 0.25) is 0 Å². The van der Waals surface area contributed by atoms with Crippen molar-refractivity contribution in [3.8, 4) is 0 Å². The highest BCUT2D eigenvalue weighted by Crippen LogP contribution is 2.21. The summed E-state index contributed by atoms with van der Waals surface area (Å²) >= 11 is 8.41.